The fourth-order valence-electron chi connectivity index (χ4n) is 2.93. The van der Waals surface area contributed by atoms with Crippen molar-refractivity contribution in [1.29, 1.82) is 0 Å². The van der Waals surface area contributed by atoms with Crippen LogP contribution in [0.5, 0.6) is 5.75 Å². The Bertz CT molecular complexity index is 998. The molecule has 2 N–H and O–H groups in total. The minimum Gasteiger partial charge on any atom is -0.479 e. The zero-order valence-electron chi connectivity index (χ0n) is 14.7. The van der Waals surface area contributed by atoms with Crippen LogP contribution in [0.2, 0.25) is 0 Å². The molecule has 1 aliphatic rings. The van der Waals surface area contributed by atoms with E-state index in [2.05, 4.69) is 10.6 Å². The van der Waals surface area contributed by atoms with Gasteiger partial charge in [-0.3, -0.25) is 9.59 Å². The maximum absolute atomic E-state index is 12.5. The van der Waals surface area contributed by atoms with Gasteiger partial charge in [0.25, 0.3) is 11.8 Å². The van der Waals surface area contributed by atoms with Crippen LogP contribution in [0.1, 0.15) is 17.3 Å². The first-order chi connectivity index (χ1) is 13.1. The van der Waals surface area contributed by atoms with Gasteiger partial charge in [0.2, 0.25) is 0 Å². The van der Waals surface area contributed by atoms with Gasteiger partial charge >= 0.3 is 0 Å². The number of hydrogen-bond acceptors (Lipinski definition) is 3. The maximum atomic E-state index is 12.5. The average molecular weight is 358 g/mol. The van der Waals surface area contributed by atoms with E-state index in [1.165, 1.54) is 0 Å². The van der Waals surface area contributed by atoms with Gasteiger partial charge in [0.15, 0.2) is 6.10 Å². The van der Waals surface area contributed by atoms with Gasteiger partial charge in [-0.25, -0.2) is 0 Å². The summed E-state index contributed by atoms with van der Waals surface area (Å²) in [6.07, 6.45) is -0.527. The SMILES string of the molecule is C[C@H]1Oc2ccc(NC(=O)c3ccc(-c4ccccc4)cc3)cc2NC1=O. The highest BCUT2D eigenvalue weighted by Gasteiger charge is 2.23. The zero-order valence-corrected chi connectivity index (χ0v) is 14.7. The second kappa shape index (κ2) is 6.96. The Kier molecular flexibility index (Phi) is 4.34. The number of hydrogen-bond donors (Lipinski definition) is 2. The first kappa shape index (κ1) is 16.8. The normalized spacial score (nSPS) is 15.3. The summed E-state index contributed by atoms with van der Waals surface area (Å²) in [6.45, 7) is 1.69. The van der Waals surface area contributed by atoms with Crippen molar-refractivity contribution < 1.29 is 14.3 Å². The second-order valence-electron chi connectivity index (χ2n) is 6.36. The van der Waals surface area contributed by atoms with E-state index in [1.54, 1.807) is 37.3 Å². The molecule has 1 aliphatic heterocycles. The van der Waals surface area contributed by atoms with Crippen molar-refractivity contribution >= 4 is 23.2 Å². The molecule has 3 aromatic carbocycles. The third-order valence-corrected chi connectivity index (χ3v) is 4.42. The van der Waals surface area contributed by atoms with E-state index in [0.29, 0.717) is 22.7 Å². The van der Waals surface area contributed by atoms with Crippen molar-refractivity contribution in [1.82, 2.24) is 0 Å². The quantitative estimate of drug-likeness (QED) is 0.732. The van der Waals surface area contributed by atoms with Crippen molar-refractivity contribution in [2.24, 2.45) is 0 Å². The average Bonchev–Trinajstić information content (AvgIpc) is 2.70. The molecule has 0 spiro atoms. The number of fused-ring (bicyclic) bond motifs is 1. The lowest BCUT2D eigenvalue weighted by atomic mass is 10.0. The maximum Gasteiger partial charge on any atom is 0.265 e. The number of amides is 2. The Morgan fingerprint density at radius 3 is 2.41 bits per heavy atom. The van der Waals surface area contributed by atoms with E-state index in [0.717, 1.165) is 11.1 Å². The number of anilines is 2. The Balaban J connectivity index is 1.49. The molecule has 4 rings (SSSR count). The molecule has 0 bridgehead atoms. The Labute approximate surface area is 157 Å². The van der Waals surface area contributed by atoms with E-state index in [9.17, 15) is 9.59 Å². The molecule has 0 saturated carbocycles. The fourth-order valence-corrected chi connectivity index (χ4v) is 2.93. The first-order valence-electron chi connectivity index (χ1n) is 8.68. The van der Waals surface area contributed by atoms with Gasteiger partial charge in [0.05, 0.1) is 5.69 Å². The minimum atomic E-state index is -0.527. The van der Waals surface area contributed by atoms with Crippen molar-refractivity contribution in [3.05, 3.63) is 78.4 Å². The van der Waals surface area contributed by atoms with Crippen molar-refractivity contribution in [2.75, 3.05) is 10.6 Å². The predicted molar refractivity (Wildman–Crippen MR) is 105 cm³/mol. The van der Waals surface area contributed by atoms with E-state index < -0.39 is 6.10 Å². The van der Waals surface area contributed by atoms with Crippen LogP contribution in [0.15, 0.2) is 72.8 Å². The van der Waals surface area contributed by atoms with Gasteiger partial charge in [-0.1, -0.05) is 42.5 Å². The summed E-state index contributed by atoms with van der Waals surface area (Å²) in [6, 6.07) is 22.6. The number of nitrogens with one attached hydrogen (secondary N) is 2. The van der Waals surface area contributed by atoms with Gasteiger partial charge in [-0.2, -0.15) is 0 Å². The fraction of sp³-hybridized carbons (Fsp3) is 0.0909. The second-order valence-corrected chi connectivity index (χ2v) is 6.36. The van der Waals surface area contributed by atoms with Crippen LogP contribution in [0, 0.1) is 0 Å². The van der Waals surface area contributed by atoms with E-state index in [-0.39, 0.29) is 11.8 Å². The third-order valence-electron chi connectivity index (χ3n) is 4.42. The molecule has 0 aliphatic carbocycles. The summed E-state index contributed by atoms with van der Waals surface area (Å²) in [4.78, 5) is 24.3. The van der Waals surface area contributed by atoms with Crippen LogP contribution in [-0.4, -0.2) is 17.9 Å². The molecule has 1 atom stereocenters. The van der Waals surface area contributed by atoms with Crippen LogP contribution in [0.3, 0.4) is 0 Å². The summed E-state index contributed by atoms with van der Waals surface area (Å²) in [5, 5.41) is 5.62. The van der Waals surface area contributed by atoms with E-state index in [1.807, 2.05) is 42.5 Å². The molecule has 5 heteroatoms. The number of benzene rings is 3. The van der Waals surface area contributed by atoms with Gasteiger partial charge in [-0.15, -0.1) is 0 Å². The number of rotatable bonds is 3. The molecule has 5 nitrogen and oxygen atoms in total. The standard InChI is InChI=1S/C22H18N2O3/c1-14-21(25)24-19-13-18(11-12-20(19)27-14)23-22(26)17-9-7-16(8-10-17)15-5-3-2-4-6-15/h2-14H,1H3,(H,23,26)(H,24,25)/t14-/m1/s1. The Hall–Kier alpha value is -3.60. The highest BCUT2D eigenvalue weighted by Crippen LogP contribution is 2.32. The van der Waals surface area contributed by atoms with Crippen LogP contribution >= 0.6 is 0 Å². The molecule has 2 amide bonds. The van der Waals surface area contributed by atoms with Crippen LogP contribution in [-0.2, 0) is 4.79 Å². The molecule has 134 valence electrons. The Morgan fingerprint density at radius 1 is 0.963 bits per heavy atom. The molecule has 0 unspecified atom stereocenters. The Morgan fingerprint density at radius 2 is 1.67 bits per heavy atom. The minimum absolute atomic E-state index is 0.206. The largest absolute Gasteiger partial charge is 0.479 e. The first-order valence-corrected chi connectivity index (χ1v) is 8.68. The lowest BCUT2D eigenvalue weighted by Crippen LogP contribution is -2.34. The van der Waals surface area contributed by atoms with Crippen molar-refractivity contribution in [3.63, 3.8) is 0 Å². The van der Waals surface area contributed by atoms with Gasteiger partial charge in [-0.05, 0) is 48.4 Å². The summed E-state index contributed by atoms with van der Waals surface area (Å²) < 4.78 is 5.52. The molecule has 0 radical (unpaired) electrons. The highest BCUT2D eigenvalue weighted by atomic mass is 16.5. The molecule has 27 heavy (non-hydrogen) atoms. The molecule has 0 saturated heterocycles. The predicted octanol–water partition coefficient (Wildman–Crippen LogP) is 4.33. The zero-order chi connectivity index (χ0) is 18.8. The molecule has 0 fully saturated rings. The summed E-state index contributed by atoms with van der Waals surface area (Å²) >= 11 is 0. The number of carbonyl (C=O) groups excluding carboxylic acids is 2. The summed E-state index contributed by atoms with van der Waals surface area (Å²) in [5.74, 6) is 0.167. The van der Waals surface area contributed by atoms with Crippen molar-refractivity contribution in [2.45, 2.75) is 13.0 Å². The lowest BCUT2D eigenvalue weighted by Gasteiger charge is -2.23. The van der Waals surface area contributed by atoms with Gasteiger partial charge in [0.1, 0.15) is 5.75 Å². The monoisotopic (exact) mass is 358 g/mol. The third kappa shape index (κ3) is 3.53. The van der Waals surface area contributed by atoms with Gasteiger partial charge in [0, 0.05) is 11.3 Å². The molecule has 3 aromatic rings. The summed E-state index contributed by atoms with van der Waals surface area (Å²) in [7, 11) is 0. The lowest BCUT2D eigenvalue weighted by molar-refractivity contribution is -0.122. The smallest absolute Gasteiger partial charge is 0.265 e. The molecule has 1 heterocycles. The highest BCUT2D eigenvalue weighted by molar-refractivity contribution is 6.05. The van der Waals surface area contributed by atoms with Crippen LogP contribution < -0.4 is 15.4 Å². The molecule has 0 aromatic heterocycles. The van der Waals surface area contributed by atoms with Crippen LogP contribution in [0.25, 0.3) is 11.1 Å². The van der Waals surface area contributed by atoms with Gasteiger partial charge < -0.3 is 15.4 Å². The van der Waals surface area contributed by atoms with E-state index >= 15 is 0 Å². The summed E-state index contributed by atoms with van der Waals surface area (Å²) in [5.41, 5.74) is 3.85. The number of carbonyl (C=O) groups is 2. The molecular formula is C22H18N2O3. The van der Waals surface area contributed by atoms with E-state index in [4.69, 9.17) is 4.74 Å². The topological polar surface area (TPSA) is 67.4 Å². The van der Waals surface area contributed by atoms with Crippen molar-refractivity contribution in [3.8, 4) is 16.9 Å². The molecular weight excluding hydrogens is 340 g/mol. The van der Waals surface area contributed by atoms with Crippen LogP contribution in [0.4, 0.5) is 11.4 Å². The number of ether oxygens (including phenoxy) is 1.